The molecular weight excluding hydrogens is 358 g/mol. The Morgan fingerprint density at radius 3 is 2.38 bits per heavy atom. The van der Waals surface area contributed by atoms with Gasteiger partial charge < -0.3 is 4.74 Å². The van der Waals surface area contributed by atoms with E-state index in [0.29, 0.717) is 12.2 Å². The molecule has 1 aromatic heterocycles. The lowest BCUT2D eigenvalue weighted by atomic mass is 10.0. The van der Waals surface area contributed by atoms with E-state index in [1.54, 1.807) is 0 Å². The number of fused-ring (bicyclic) bond motifs is 1. The number of allylic oxidation sites excluding steroid dienone is 1. The SMILES string of the molecule is C=CCCCCCCCCOC(=O)c1cc(-c2ccccc2)nc2ccccc12. The zero-order chi connectivity index (χ0) is 20.3. The molecule has 1 heterocycles. The minimum absolute atomic E-state index is 0.272. The number of rotatable bonds is 11. The average Bonchev–Trinajstić information content (AvgIpc) is 2.77. The molecule has 0 saturated carbocycles. The van der Waals surface area contributed by atoms with Crippen molar-refractivity contribution < 1.29 is 9.53 Å². The molecule has 0 N–H and O–H groups in total. The first-order valence-corrected chi connectivity index (χ1v) is 10.5. The van der Waals surface area contributed by atoms with E-state index in [1.165, 1.54) is 25.7 Å². The van der Waals surface area contributed by atoms with Crippen LogP contribution in [0.4, 0.5) is 0 Å². The van der Waals surface area contributed by atoms with Crippen LogP contribution < -0.4 is 0 Å². The van der Waals surface area contributed by atoms with Crippen molar-refractivity contribution in [2.75, 3.05) is 6.61 Å². The minimum atomic E-state index is -0.272. The van der Waals surface area contributed by atoms with Crippen LogP contribution in [0.2, 0.25) is 0 Å². The second-order valence-corrected chi connectivity index (χ2v) is 7.27. The predicted octanol–water partition coefficient (Wildman–Crippen LogP) is 6.98. The molecule has 0 amide bonds. The Morgan fingerprint density at radius 1 is 0.897 bits per heavy atom. The monoisotopic (exact) mass is 387 g/mol. The number of pyridine rings is 1. The molecule has 0 spiro atoms. The Morgan fingerprint density at radius 2 is 1.59 bits per heavy atom. The molecule has 0 fully saturated rings. The summed E-state index contributed by atoms with van der Waals surface area (Å²) >= 11 is 0. The number of hydrogen-bond acceptors (Lipinski definition) is 3. The van der Waals surface area contributed by atoms with Gasteiger partial charge in [0.1, 0.15) is 0 Å². The number of carbonyl (C=O) groups excluding carboxylic acids is 1. The van der Waals surface area contributed by atoms with Crippen LogP contribution >= 0.6 is 0 Å². The minimum Gasteiger partial charge on any atom is -0.462 e. The molecule has 3 aromatic rings. The van der Waals surface area contributed by atoms with E-state index >= 15 is 0 Å². The van der Waals surface area contributed by atoms with Gasteiger partial charge >= 0.3 is 5.97 Å². The Labute approximate surface area is 173 Å². The number of esters is 1. The fourth-order valence-corrected chi connectivity index (χ4v) is 3.44. The van der Waals surface area contributed by atoms with Crippen LogP contribution in [0, 0.1) is 0 Å². The quantitative estimate of drug-likeness (QED) is 0.202. The van der Waals surface area contributed by atoms with Gasteiger partial charge in [-0.3, -0.25) is 0 Å². The van der Waals surface area contributed by atoms with Gasteiger partial charge in [-0.25, -0.2) is 9.78 Å². The van der Waals surface area contributed by atoms with Gasteiger partial charge in [-0.1, -0.05) is 80.3 Å². The first kappa shape index (κ1) is 20.8. The number of nitrogens with zero attached hydrogens (tertiary/aromatic N) is 1. The number of para-hydroxylation sites is 1. The summed E-state index contributed by atoms with van der Waals surface area (Å²) in [6, 6.07) is 19.5. The van der Waals surface area contributed by atoms with E-state index in [0.717, 1.165) is 41.4 Å². The van der Waals surface area contributed by atoms with Crippen molar-refractivity contribution in [1.82, 2.24) is 4.98 Å². The van der Waals surface area contributed by atoms with E-state index in [4.69, 9.17) is 9.72 Å². The first-order chi connectivity index (χ1) is 14.3. The van der Waals surface area contributed by atoms with Crippen LogP contribution in [-0.2, 0) is 4.74 Å². The summed E-state index contributed by atoms with van der Waals surface area (Å²) in [5.41, 5.74) is 3.17. The summed E-state index contributed by atoms with van der Waals surface area (Å²) < 4.78 is 5.59. The summed E-state index contributed by atoms with van der Waals surface area (Å²) in [6.45, 7) is 4.21. The Bertz CT molecular complexity index is 934. The fourth-order valence-electron chi connectivity index (χ4n) is 3.44. The van der Waals surface area contributed by atoms with Gasteiger partial charge in [0.15, 0.2) is 0 Å². The average molecular weight is 388 g/mol. The number of carbonyl (C=O) groups is 1. The van der Waals surface area contributed by atoms with Gasteiger partial charge in [-0.2, -0.15) is 0 Å². The van der Waals surface area contributed by atoms with Gasteiger partial charge in [-0.15, -0.1) is 6.58 Å². The Kier molecular flexibility index (Phi) is 8.00. The lowest BCUT2D eigenvalue weighted by Crippen LogP contribution is -2.08. The highest BCUT2D eigenvalue weighted by molar-refractivity contribution is 6.04. The van der Waals surface area contributed by atoms with Gasteiger partial charge in [0.25, 0.3) is 0 Å². The second kappa shape index (κ2) is 11.2. The first-order valence-electron chi connectivity index (χ1n) is 10.5. The van der Waals surface area contributed by atoms with Crippen molar-refractivity contribution in [2.24, 2.45) is 0 Å². The molecule has 0 aliphatic rings. The lowest BCUT2D eigenvalue weighted by molar-refractivity contribution is 0.0500. The smallest absolute Gasteiger partial charge is 0.338 e. The Balaban J connectivity index is 1.61. The van der Waals surface area contributed by atoms with Gasteiger partial charge in [0.2, 0.25) is 0 Å². The topological polar surface area (TPSA) is 39.2 Å². The van der Waals surface area contributed by atoms with Crippen LogP contribution in [0.1, 0.15) is 55.3 Å². The third kappa shape index (κ3) is 6.02. The van der Waals surface area contributed by atoms with Crippen molar-refractivity contribution in [1.29, 1.82) is 0 Å². The highest BCUT2D eigenvalue weighted by atomic mass is 16.5. The van der Waals surface area contributed by atoms with Crippen LogP contribution in [0.5, 0.6) is 0 Å². The van der Waals surface area contributed by atoms with Crippen molar-refractivity contribution in [3.63, 3.8) is 0 Å². The number of hydrogen-bond donors (Lipinski definition) is 0. The molecule has 0 aliphatic carbocycles. The fraction of sp³-hybridized carbons (Fsp3) is 0.308. The molecule has 0 bridgehead atoms. The largest absolute Gasteiger partial charge is 0.462 e. The highest BCUT2D eigenvalue weighted by Gasteiger charge is 2.15. The lowest BCUT2D eigenvalue weighted by Gasteiger charge is -2.10. The molecule has 150 valence electrons. The van der Waals surface area contributed by atoms with E-state index in [1.807, 2.05) is 66.7 Å². The maximum Gasteiger partial charge on any atom is 0.338 e. The molecule has 0 saturated heterocycles. The molecule has 0 atom stereocenters. The molecule has 3 rings (SSSR count). The summed E-state index contributed by atoms with van der Waals surface area (Å²) in [6.07, 6.45) is 9.96. The molecule has 0 unspecified atom stereocenters. The van der Waals surface area contributed by atoms with Crippen LogP contribution in [0.3, 0.4) is 0 Å². The highest BCUT2D eigenvalue weighted by Crippen LogP contribution is 2.25. The third-order valence-corrected chi connectivity index (χ3v) is 5.04. The third-order valence-electron chi connectivity index (χ3n) is 5.04. The molecule has 29 heavy (non-hydrogen) atoms. The zero-order valence-corrected chi connectivity index (χ0v) is 17.0. The van der Waals surface area contributed by atoms with E-state index in [9.17, 15) is 4.79 Å². The molecule has 0 radical (unpaired) electrons. The number of ether oxygens (including phenoxy) is 1. The van der Waals surface area contributed by atoms with E-state index in [-0.39, 0.29) is 5.97 Å². The van der Waals surface area contributed by atoms with Crippen molar-refractivity contribution in [3.05, 3.63) is 78.9 Å². The number of aromatic nitrogens is 1. The van der Waals surface area contributed by atoms with E-state index in [2.05, 4.69) is 6.58 Å². The summed E-state index contributed by atoms with van der Waals surface area (Å²) in [4.78, 5) is 17.5. The zero-order valence-electron chi connectivity index (χ0n) is 17.0. The number of unbranched alkanes of at least 4 members (excludes halogenated alkanes) is 6. The van der Waals surface area contributed by atoms with Crippen LogP contribution in [0.25, 0.3) is 22.2 Å². The van der Waals surface area contributed by atoms with Crippen molar-refractivity contribution >= 4 is 16.9 Å². The molecule has 0 aliphatic heterocycles. The normalized spacial score (nSPS) is 10.8. The van der Waals surface area contributed by atoms with Crippen LogP contribution in [-0.4, -0.2) is 17.6 Å². The molecule has 3 nitrogen and oxygen atoms in total. The molecular formula is C26H29NO2. The maximum atomic E-state index is 12.8. The molecule has 3 heteroatoms. The standard InChI is InChI=1S/C26H29NO2/c1-2-3-4-5-6-7-8-14-19-29-26(28)23-20-25(21-15-10-9-11-16-21)27-24-18-13-12-17-22(23)24/h2,9-13,15-18,20H,1,3-8,14,19H2. The van der Waals surface area contributed by atoms with Crippen molar-refractivity contribution in [2.45, 2.75) is 44.9 Å². The number of benzene rings is 2. The van der Waals surface area contributed by atoms with Crippen molar-refractivity contribution in [3.8, 4) is 11.3 Å². The van der Waals surface area contributed by atoms with E-state index < -0.39 is 0 Å². The summed E-state index contributed by atoms with van der Waals surface area (Å²) in [5, 5.41) is 0.833. The molecule has 2 aromatic carbocycles. The van der Waals surface area contributed by atoms with Gasteiger partial charge in [0.05, 0.1) is 23.4 Å². The summed E-state index contributed by atoms with van der Waals surface area (Å²) in [5.74, 6) is -0.272. The second-order valence-electron chi connectivity index (χ2n) is 7.27. The predicted molar refractivity (Wildman–Crippen MR) is 120 cm³/mol. The van der Waals surface area contributed by atoms with Gasteiger partial charge in [-0.05, 0) is 31.4 Å². The summed E-state index contributed by atoms with van der Waals surface area (Å²) in [7, 11) is 0. The maximum absolute atomic E-state index is 12.8. The van der Waals surface area contributed by atoms with Crippen LogP contribution in [0.15, 0.2) is 73.3 Å². The Hall–Kier alpha value is -2.94. The van der Waals surface area contributed by atoms with Gasteiger partial charge in [0, 0.05) is 10.9 Å².